The van der Waals surface area contributed by atoms with Crippen molar-refractivity contribution in [1.82, 2.24) is 4.90 Å². The van der Waals surface area contributed by atoms with Crippen molar-refractivity contribution < 1.29 is 5.11 Å². The van der Waals surface area contributed by atoms with E-state index in [0.717, 1.165) is 19.4 Å². The molecule has 1 rings (SSSR count). The number of likely N-dealkylation sites (tertiary alicyclic amines) is 1. The molecule has 11 heavy (non-hydrogen) atoms. The van der Waals surface area contributed by atoms with Gasteiger partial charge in [-0.05, 0) is 33.4 Å². The van der Waals surface area contributed by atoms with Crippen molar-refractivity contribution in [1.29, 1.82) is 0 Å². The second kappa shape index (κ2) is 3.09. The summed E-state index contributed by atoms with van der Waals surface area (Å²) in [6.07, 6.45) is 1.89. The molecule has 1 fully saturated rings. The Kier molecular flexibility index (Phi) is 2.52. The minimum atomic E-state index is -0.646. The Morgan fingerprint density at radius 3 is 2.82 bits per heavy atom. The summed E-state index contributed by atoms with van der Waals surface area (Å²) in [5.74, 6) is 0. The average Bonchev–Trinajstić information content (AvgIpc) is 2.00. The van der Waals surface area contributed by atoms with Crippen molar-refractivity contribution in [3.8, 4) is 0 Å². The molecule has 2 atom stereocenters. The quantitative estimate of drug-likeness (QED) is 0.555. The van der Waals surface area contributed by atoms with Gasteiger partial charge < -0.3 is 15.7 Å². The van der Waals surface area contributed by atoms with Crippen LogP contribution in [0.3, 0.4) is 0 Å². The molecule has 0 aromatic rings. The van der Waals surface area contributed by atoms with Crippen LogP contribution in [-0.2, 0) is 0 Å². The largest absolute Gasteiger partial charge is 0.387 e. The SMILES string of the molecule is CC1N(C)CCCC1(O)CN. The molecule has 0 aromatic carbocycles. The Morgan fingerprint density at radius 2 is 2.36 bits per heavy atom. The van der Waals surface area contributed by atoms with Gasteiger partial charge in [0.1, 0.15) is 0 Å². The smallest absolute Gasteiger partial charge is 0.0921 e. The van der Waals surface area contributed by atoms with Crippen molar-refractivity contribution in [3.05, 3.63) is 0 Å². The van der Waals surface area contributed by atoms with Crippen LogP contribution in [0.2, 0.25) is 0 Å². The number of aliphatic hydroxyl groups is 1. The number of nitrogens with two attached hydrogens (primary N) is 1. The van der Waals surface area contributed by atoms with Crippen LogP contribution in [0.5, 0.6) is 0 Å². The molecule has 1 saturated heterocycles. The van der Waals surface area contributed by atoms with Crippen molar-refractivity contribution in [3.63, 3.8) is 0 Å². The monoisotopic (exact) mass is 158 g/mol. The molecule has 1 aliphatic heterocycles. The molecule has 0 aromatic heterocycles. The van der Waals surface area contributed by atoms with E-state index in [4.69, 9.17) is 5.73 Å². The van der Waals surface area contributed by atoms with E-state index in [1.165, 1.54) is 0 Å². The highest BCUT2D eigenvalue weighted by atomic mass is 16.3. The van der Waals surface area contributed by atoms with E-state index >= 15 is 0 Å². The van der Waals surface area contributed by atoms with Crippen molar-refractivity contribution in [2.24, 2.45) is 5.73 Å². The maximum absolute atomic E-state index is 9.95. The normalized spacial score (nSPS) is 40.9. The third-order valence-corrected chi connectivity index (χ3v) is 2.91. The van der Waals surface area contributed by atoms with Crippen molar-refractivity contribution in [2.45, 2.75) is 31.4 Å². The zero-order chi connectivity index (χ0) is 8.48. The van der Waals surface area contributed by atoms with Gasteiger partial charge >= 0.3 is 0 Å². The number of piperidine rings is 1. The van der Waals surface area contributed by atoms with E-state index in [0.29, 0.717) is 6.54 Å². The molecular weight excluding hydrogens is 140 g/mol. The first kappa shape index (κ1) is 8.97. The fourth-order valence-electron chi connectivity index (χ4n) is 1.72. The van der Waals surface area contributed by atoms with Gasteiger partial charge in [-0.1, -0.05) is 0 Å². The summed E-state index contributed by atoms with van der Waals surface area (Å²) in [5, 5.41) is 9.95. The zero-order valence-electron chi connectivity index (χ0n) is 7.38. The maximum atomic E-state index is 9.95. The summed E-state index contributed by atoms with van der Waals surface area (Å²) in [5.41, 5.74) is 4.87. The van der Waals surface area contributed by atoms with Gasteiger partial charge in [-0.2, -0.15) is 0 Å². The van der Waals surface area contributed by atoms with Crippen LogP contribution in [0.15, 0.2) is 0 Å². The number of likely N-dealkylation sites (N-methyl/N-ethyl adjacent to an activating group) is 1. The molecule has 0 radical (unpaired) electrons. The fourth-order valence-corrected chi connectivity index (χ4v) is 1.72. The van der Waals surface area contributed by atoms with E-state index in [1.54, 1.807) is 0 Å². The lowest BCUT2D eigenvalue weighted by atomic mass is 9.86. The molecular formula is C8H18N2O. The second-order valence-corrected chi connectivity index (χ2v) is 3.57. The van der Waals surface area contributed by atoms with Crippen LogP contribution in [0, 0.1) is 0 Å². The fraction of sp³-hybridized carbons (Fsp3) is 1.00. The lowest BCUT2D eigenvalue weighted by Gasteiger charge is -2.43. The number of hydrogen-bond donors (Lipinski definition) is 2. The molecule has 1 aliphatic rings. The third-order valence-electron chi connectivity index (χ3n) is 2.91. The Morgan fingerprint density at radius 1 is 1.73 bits per heavy atom. The predicted octanol–water partition coefficient (Wildman–Crippen LogP) is -0.210. The summed E-state index contributed by atoms with van der Waals surface area (Å²) >= 11 is 0. The topological polar surface area (TPSA) is 49.5 Å². The van der Waals surface area contributed by atoms with Gasteiger partial charge in [0.05, 0.1) is 5.60 Å². The van der Waals surface area contributed by atoms with Crippen LogP contribution < -0.4 is 5.73 Å². The molecule has 3 N–H and O–H groups in total. The lowest BCUT2D eigenvalue weighted by Crippen LogP contribution is -2.57. The summed E-state index contributed by atoms with van der Waals surface area (Å²) in [7, 11) is 2.03. The second-order valence-electron chi connectivity index (χ2n) is 3.57. The van der Waals surface area contributed by atoms with Crippen LogP contribution in [0.25, 0.3) is 0 Å². The van der Waals surface area contributed by atoms with Gasteiger partial charge in [0, 0.05) is 12.6 Å². The molecule has 2 unspecified atom stereocenters. The van der Waals surface area contributed by atoms with Gasteiger partial charge in [-0.15, -0.1) is 0 Å². The van der Waals surface area contributed by atoms with Gasteiger partial charge in [0.2, 0.25) is 0 Å². The van der Waals surface area contributed by atoms with Crippen molar-refractivity contribution >= 4 is 0 Å². The predicted molar refractivity (Wildman–Crippen MR) is 45.3 cm³/mol. The van der Waals surface area contributed by atoms with Crippen LogP contribution >= 0.6 is 0 Å². The molecule has 0 bridgehead atoms. The van der Waals surface area contributed by atoms with Crippen LogP contribution in [0.1, 0.15) is 19.8 Å². The van der Waals surface area contributed by atoms with E-state index in [2.05, 4.69) is 4.90 Å². The third kappa shape index (κ3) is 1.55. The molecule has 1 heterocycles. The van der Waals surface area contributed by atoms with Crippen LogP contribution in [0.4, 0.5) is 0 Å². The van der Waals surface area contributed by atoms with Gasteiger partial charge in [0.15, 0.2) is 0 Å². The summed E-state index contributed by atoms with van der Waals surface area (Å²) in [6, 6.07) is 0.196. The minimum absolute atomic E-state index is 0.196. The summed E-state index contributed by atoms with van der Waals surface area (Å²) < 4.78 is 0. The van der Waals surface area contributed by atoms with Crippen LogP contribution in [-0.4, -0.2) is 41.8 Å². The standard InChI is InChI=1S/C8H18N2O/c1-7-8(11,6-9)4-3-5-10(7)2/h7,11H,3-6,9H2,1-2H3. The number of rotatable bonds is 1. The average molecular weight is 158 g/mol. The highest BCUT2D eigenvalue weighted by molar-refractivity contribution is 4.93. The molecule has 0 spiro atoms. The van der Waals surface area contributed by atoms with Crippen molar-refractivity contribution in [2.75, 3.05) is 20.1 Å². The highest BCUT2D eigenvalue weighted by Gasteiger charge is 2.37. The molecule has 66 valence electrons. The first-order valence-electron chi connectivity index (χ1n) is 4.23. The maximum Gasteiger partial charge on any atom is 0.0921 e. The van der Waals surface area contributed by atoms with E-state index in [-0.39, 0.29) is 6.04 Å². The molecule has 0 amide bonds. The minimum Gasteiger partial charge on any atom is -0.387 e. The Labute approximate surface area is 68.2 Å². The molecule has 3 heteroatoms. The molecule has 0 saturated carbocycles. The Hall–Kier alpha value is -0.120. The van der Waals surface area contributed by atoms with Gasteiger partial charge in [-0.3, -0.25) is 0 Å². The zero-order valence-corrected chi connectivity index (χ0v) is 7.38. The number of hydrogen-bond acceptors (Lipinski definition) is 3. The summed E-state index contributed by atoms with van der Waals surface area (Å²) in [4.78, 5) is 2.16. The van der Waals surface area contributed by atoms with E-state index in [1.807, 2.05) is 14.0 Å². The molecule has 0 aliphatic carbocycles. The lowest BCUT2D eigenvalue weighted by molar-refractivity contribution is -0.0579. The first-order chi connectivity index (χ1) is 5.10. The Balaban J connectivity index is 2.64. The number of nitrogens with zero attached hydrogens (tertiary/aromatic N) is 1. The van der Waals surface area contributed by atoms with Gasteiger partial charge in [0.25, 0.3) is 0 Å². The summed E-state index contributed by atoms with van der Waals surface area (Å²) in [6.45, 7) is 3.48. The highest BCUT2D eigenvalue weighted by Crippen LogP contribution is 2.25. The Bertz CT molecular complexity index is 140. The van der Waals surface area contributed by atoms with E-state index in [9.17, 15) is 5.11 Å². The molecule has 3 nitrogen and oxygen atoms in total. The first-order valence-corrected chi connectivity index (χ1v) is 4.23. The van der Waals surface area contributed by atoms with Gasteiger partial charge in [-0.25, -0.2) is 0 Å². The van der Waals surface area contributed by atoms with E-state index < -0.39 is 5.60 Å².